The average Bonchev–Trinajstić information content (AvgIpc) is 2.65. The molecular weight excluding hydrogens is 360 g/mol. The summed E-state index contributed by atoms with van der Waals surface area (Å²) in [5, 5.41) is 0. The second-order valence-electron chi connectivity index (χ2n) is 7.22. The lowest BCUT2D eigenvalue weighted by Crippen LogP contribution is -2.42. The predicted octanol–water partition coefficient (Wildman–Crippen LogP) is 4.12. The van der Waals surface area contributed by atoms with Crippen LogP contribution in [0.1, 0.15) is 47.7 Å². The van der Waals surface area contributed by atoms with E-state index in [-0.39, 0.29) is 16.8 Å². The molecule has 1 atom stereocenters. The quantitative estimate of drug-likeness (QED) is 0.859. The molecule has 27 heavy (non-hydrogen) atoms. The van der Waals surface area contributed by atoms with Gasteiger partial charge >= 0.3 is 0 Å². The van der Waals surface area contributed by atoms with Crippen molar-refractivity contribution in [2.24, 2.45) is 0 Å². The number of hydrogen-bond acceptors (Lipinski definition) is 3. The molecule has 5 nitrogen and oxygen atoms in total. The van der Waals surface area contributed by atoms with Crippen LogP contribution in [-0.4, -0.2) is 31.8 Å². The molecule has 0 bridgehead atoms. The highest BCUT2D eigenvalue weighted by Crippen LogP contribution is 2.23. The minimum absolute atomic E-state index is 0.0337. The molecular formula is C21H26N2O3S. The third kappa shape index (κ3) is 4.16. The Morgan fingerprint density at radius 1 is 1.07 bits per heavy atom. The molecule has 3 rings (SSSR count). The molecule has 0 aromatic heterocycles. The van der Waals surface area contributed by atoms with Crippen LogP contribution in [0.15, 0.2) is 47.4 Å². The minimum Gasteiger partial charge on any atom is -0.336 e. The molecule has 1 aliphatic heterocycles. The van der Waals surface area contributed by atoms with Gasteiger partial charge < -0.3 is 4.90 Å². The number of sulfonamides is 1. The number of rotatable bonds is 4. The van der Waals surface area contributed by atoms with Crippen LogP contribution in [0.3, 0.4) is 0 Å². The summed E-state index contributed by atoms with van der Waals surface area (Å²) in [4.78, 5) is 14.7. The van der Waals surface area contributed by atoms with E-state index in [0.717, 1.165) is 36.9 Å². The zero-order valence-electron chi connectivity index (χ0n) is 16.0. The van der Waals surface area contributed by atoms with Gasteiger partial charge in [-0.05, 0) is 81.5 Å². The Kier molecular flexibility index (Phi) is 5.56. The lowest BCUT2D eigenvalue weighted by Gasteiger charge is -2.33. The molecule has 1 heterocycles. The summed E-state index contributed by atoms with van der Waals surface area (Å²) < 4.78 is 28.0. The molecule has 6 heteroatoms. The number of anilines is 1. The Labute approximate surface area is 161 Å². The second kappa shape index (κ2) is 7.72. The monoisotopic (exact) mass is 386 g/mol. The van der Waals surface area contributed by atoms with Gasteiger partial charge in [0.25, 0.3) is 15.9 Å². The van der Waals surface area contributed by atoms with Gasteiger partial charge in [-0.2, -0.15) is 0 Å². The maximum absolute atomic E-state index is 12.7. The topological polar surface area (TPSA) is 66.5 Å². The smallest absolute Gasteiger partial charge is 0.261 e. The van der Waals surface area contributed by atoms with Crippen LogP contribution in [0, 0.1) is 13.8 Å². The standard InChI is InChI=1S/C21H26N2O3S/c1-15-7-6-9-20(17(15)3)22-27(25,26)19-12-10-18(11-13-19)21(24)23-14-5-4-8-16(23)2/h6-7,9-13,16,22H,4-5,8,14H2,1-3H3. The molecule has 1 aliphatic rings. The van der Waals surface area contributed by atoms with Gasteiger partial charge in [-0.25, -0.2) is 8.42 Å². The fourth-order valence-electron chi connectivity index (χ4n) is 3.41. The molecule has 1 unspecified atom stereocenters. The van der Waals surface area contributed by atoms with Gasteiger partial charge in [-0.15, -0.1) is 0 Å². The Morgan fingerprint density at radius 3 is 2.44 bits per heavy atom. The van der Waals surface area contributed by atoms with Crippen molar-refractivity contribution < 1.29 is 13.2 Å². The number of nitrogens with zero attached hydrogens (tertiary/aromatic N) is 1. The zero-order valence-corrected chi connectivity index (χ0v) is 16.8. The number of amides is 1. The van der Waals surface area contributed by atoms with Crippen molar-refractivity contribution in [1.82, 2.24) is 4.90 Å². The van der Waals surface area contributed by atoms with E-state index in [1.807, 2.05) is 30.9 Å². The van der Waals surface area contributed by atoms with Gasteiger partial charge in [0.2, 0.25) is 0 Å². The Balaban J connectivity index is 1.79. The minimum atomic E-state index is -3.71. The largest absolute Gasteiger partial charge is 0.336 e. The highest BCUT2D eigenvalue weighted by atomic mass is 32.2. The average molecular weight is 387 g/mol. The lowest BCUT2D eigenvalue weighted by atomic mass is 10.0. The van der Waals surface area contributed by atoms with E-state index in [4.69, 9.17) is 0 Å². The molecule has 0 aliphatic carbocycles. The molecule has 0 saturated carbocycles. The molecule has 144 valence electrons. The molecule has 0 radical (unpaired) electrons. The van der Waals surface area contributed by atoms with Crippen LogP contribution >= 0.6 is 0 Å². The fraction of sp³-hybridized carbons (Fsp3) is 0.381. The number of carbonyl (C=O) groups excluding carboxylic acids is 1. The number of likely N-dealkylation sites (tertiary alicyclic amines) is 1. The highest BCUT2D eigenvalue weighted by Gasteiger charge is 2.24. The van der Waals surface area contributed by atoms with Gasteiger partial charge in [0, 0.05) is 18.2 Å². The van der Waals surface area contributed by atoms with E-state index < -0.39 is 10.0 Å². The molecule has 1 N–H and O–H groups in total. The Bertz CT molecular complexity index is 936. The van der Waals surface area contributed by atoms with Gasteiger partial charge in [-0.3, -0.25) is 9.52 Å². The summed E-state index contributed by atoms with van der Waals surface area (Å²) in [7, 11) is -3.71. The zero-order chi connectivity index (χ0) is 19.6. The Hall–Kier alpha value is -2.34. The van der Waals surface area contributed by atoms with Crippen LogP contribution in [0.4, 0.5) is 5.69 Å². The van der Waals surface area contributed by atoms with E-state index in [0.29, 0.717) is 11.3 Å². The van der Waals surface area contributed by atoms with Crippen molar-refractivity contribution in [3.8, 4) is 0 Å². The molecule has 2 aromatic rings. The van der Waals surface area contributed by atoms with Gasteiger partial charge in [0.05, 0.1) is 10.6 Å². The van der Waals surface area contributed by atoms with E-state index in [2.05, 4.69) is 11.6 Å². The first-order valence-corrected chi connectivity index (χ1v) is 10.8. The lowest BCUT2D eigenvalue weighted by molar-refractivity contribution is 0.0635. The van der Waals surface area contributed by atoms with E-state index >= 15 is 0 Å². The summed E-state index contributed by atoms with van der Waals surface area (Å²) in [5.74, 6) is -0.0337. The fourth-order valence-corrected chi connectivity index (χ4v) is 4.53. The highest BCUT2D eigenvalue weighted by molar-refractivity contribution is 7.92. The first-order valence-electron chi connectivity index (χ1n) is 9.29. The third-order valence-electron chi connectivity index (χ3n) is 5.32. The van der Waals surface area contributed by atoms with Crippen LogP contribution in [0.25, 0.3) is 0 Å². The summed E-state index contributed by atoms with van der Waals surface area (Å²) in [6.07, 6.45) is 3.17. The van der Waals surface area contributed by atoms with Crippen molar-refractivity contribution in [2.45, 2.75) is 51.0 Å². The van der Waals surface area contributed by atoms with E-state index in [9.17, 15) is 13.2 Å². The van der Waals surface area contributed by atoms with Gasteiger partial charge in [-0.1, -0.05) is 12.1 Å². The van der Waals surface area contributed by atoms with Crippen molar-refractivity contribution in [2.75, 3.05) is 11.3 Å². The van der Waals surface area contributed by atoms with Crippen LogP contribution in [-0.2, 0) is 10.0 Å². The van der Waals surface area contributed by atoms with Gasteiger partial charge in [0.1, 0.15) is 0 Å². The van der Waals surface area contributed by atoms with Crippen molar-refractivity contribution in [3.63, 3.8) is 0 Å². The molecule has 1 saturated heterocycles. The first-order chi connectivity index (χ1) is 12.8. The number of hydrogen-bond donors (Lipinski definition) is 1. The van der Waals surface area contributed by atoms with Crippen molar-refractivity contribution >= 4 is 21.6 Å². The maximum atomic E-state index is 12.7. The third-order valence-corrected chi connectivity index (χ3v) is 6.71. The van der Waals surface area contributed by atoms with Crippen molar-refractivity contribution in [3.05, 3.63) is 59.2 Å². The normalized spacial score (nSPS) is 17.6. The summed E-state index contributed by atoms with van der Waals surface area (Å²) in [5.41, 5.74) is 3.01. The number of carbonyl (C=O) groups is 1. The predicted molar refractivity (Wildman–Crippen MR) is 108 cm³/mol. The number of benzene rings is 2. The van der Waals surface area contributed by atoms with Gasteiger partial charge in [0.15, 0.2) is 0 Å². The summed E-state index contributed by atoms with van der Waals surface area (Å²) in [6, 6.07) is 11.9. The van der Waals surface area contributed by atoms with Crippen LogP contribution in [0.5, 0.6) is 0 Å². The van der Waals surface area contributed by atoms with Crippen LogP contribution < -0.4 is 4.72 Å². The first kappa shape index (κ1) is 19.4. The molecule has 0 spiro atoms. The SMILES string of the molecule is Cc1cccc(NS(=O)(=O)c2ccc(C(=O)N3CCCCC3C)cc2)c1C. The number of aryl methyl sites for hydroxylation is 1. The van der Waals surface area contributed by atoms with E-state index in [1.54, 1.807) is 18.2 Å². The molecule has 2 aromatic carbocycles. The Morgan fingerprint density at radius 2 is 1.78 bits per heavy atom. The second-order valence-corrected chi connectivity index (χ2v) is 8.90. The van der Waals surface area contributed by atoms with E-state index in [1.165, 1.54) is 12.1 Å². The molecule has 1 fully saturated rings. The molecule has 1 amide bonds. The number of piperidine rings is 1. The summed E-state index contributed by atoms with van der Waals surface area (Å²) in [6.45, 7) is 6.64. The van der Waals surface area contributed by atoms with Crippen LogP contribution in [0.2, 0.25) is 0 Å². The summed E-state index contributed by atoms with van der Waals surface area (Å²) >= 11 is 0. The maximum Gasteiger partial charge on any atom is 0.261 e. The van der Waals surface area contributed by atoms with Crippen molar-refractivity contribution in [1.29, 1.82) is 0 Å². The number of nitrogens with one attached hydrogen (secondary N) is 1.